The summed E-state index contributed by atoms with van der Waals surface area (Å²) in [4.78, 5) is 12.7. The molecule has 1 fully saturated rings. The van der Waals surface area contributed by atoms with Crippen LogP contribution in [0, 0.1) is 0 Å². The van der Waals surface area contributed by atoms with Crippen molar-refractivity contribution >= 4 is 10.9 Å². The summed E-state index contributed by atoms with van der Waals surface area (Å²) in [7, 11) is 0. The Morgan fingerprint density at radius 3 is 2.48 bits per heavy atom. The summed E-state index contributed by atoms with van der Waals surface area (Å²) in [6.07, 6.45) is -1.33. The number of ether oxygens (including phenoxy) is 1. The van der Waals surface area contributed by atoms with Crippen LogP contribution in [-0.2, 0) is 17.3 Å². The molecule has 4 rings (SSSR count). The van der Waals surface area contributed by atoms with Gasteiger partial charge in [-0.15, -0.1) is 0 Å². The van der Waals surface area contributed by atoms with Gasteiger partial charge in [-0.25, -0.2) is 9.97 Å². The SMILES string of the molecule is FC(F)(F)c1ncc(C(Cc2cc3ccccc3[nH]2)N2CCOCC2)cn1. The van der Waals surface area contributed by atoms with Gasteiger partial charge >= 0.3 is 6.18 Å². The van der Waals surface area contributed by atoms with Crippen molar-refractivity contribution in [2.24, 2.45) is 0 Å². The van der Waals surface area contributed by atoms with E-state index in [0.717, 1.165) is 16.6 Å². The van der Waals surface area contributed by atoms with Crippen molar-refractivity contribution in [1.29, 1.82) is 0 Å². The molecule has 0 spiro atoms. The van der Waals surface area contributed by atoms with E-state index in [1.54, 1.807) is 0 Å². The van der Waals surface area contributed by atoms with Crippen LogP contribution in [-0.4, -0.2) is 46.2 Å². The maximum absolute atomic E-state index is 12.8. The van der Waals surface area contributed by atoms with Gasteiger partial charge in [0.2, 0.25) is 5.82 Å². The molecule has 1 aliphatic heterocycles. The van der Waals surface area contributed by atoms with Gasteiger partial charge in [0.25, 0.3) is 0 Å². The zero-order valence-corrected chi connectivity index (χ0v) is 14.5. The lowest BCUT2D eigenvalue weighted by Crippen LogP contribution is -2.40. The smallest absolute Gasteiger partial charge is 0.379 e. The molecule has 1 aromatic carbocycles. The summed E-state index contributed by atoms with van der Waals surface area (Å²) in [6, 6.07) is 9.93. The molecule has 5 nitrogen and oxygen atoms in total. The number of nitrogens with zero attached hydrogens (tertiary/aromatic N) is 3. The van der Waals surface area contributed by atoms with Gasteiger partial charge in [0.15, 0.2) is 0 Å². The monoisotopic (exact) mass is 376 g/mol. The number of nitrogens with one attached hydrogen (secondary N) is 1. The third-order valence-corrected chi connectivity index (χ3v) is 4.80. The van der Waals surface area contributed by atoms with Crippen molar-refractivity contribution in [2.45, 2.75) is 18.6 Å². The van der Waals surface area contributed by atoms with Crippen molar-refractivity contribution in [3.8, 4) is 0 Å². The summed E-state index contributed by atoms with van der Waals surface area (Å²) in [5.74, 6) is -1.11. The first-order chi connectivity index (χ1) is 13.0. The van der Waals surface area contributed by atoms with Crippen LogP contribution in [0.15, 0.2) is 42.7 Å². The average molecular weight is 376 g/mol. The largest absolute Gasteiger partial charge is 0.451 e. The van der Waals surface area contributed by atoms with E-state index in [9.17, 15) is 13.2 Å². The lowest BCUT2D eigenvalue weighted by atomic mass is 10.0. The van der Waals surface area contributed by atoms with E-state index >= 15 is 0 Å². The molecule has 142 valence electrons. The Morgan fingerprint density at radius 2 is 1.81 bits per heavy atom. The maximum Gasteiger partial charge on any atom is 0.451 e. The van der Waals surface area contributed by atoms with Gasteiger partial charge in [-0.1, -0.05) is 18.2 Å². The molecule has 3 heterocycles. The van der Waals surface area contributed by atoms with Gasteiger partial charge in [-0.2, -0.15) is 13.2 Å². The molecule has 0 saturated carbocycles. The Balaban J connectivity index is 1.64. The highest BCUT2D eigenvalue weighted by Crippen LogP contribution is 2.29. The molecule has 2 aromatic heterocycles. The predicted octanol–water partition coefficient (Wildman–Crippen LogP) is 3.59. The van der Waals surface area contributed by atoms with E-state index in [4.69, 9.17) is 4.74 Å². The minimum atomic E-state index is -4.54. The van der Waals surface area contributed by atoms with Crippen LogP contribution in [0.1, 0.15) is 23.1 Å². The number of morpholine rings is 1. The molecule has 0 bridgehead atoms. The van der Waals surface area contributed by atoms with Gasteiger partial charge in [-0.05, 0) is 17.5 Å². The molecule has 1 aliphatic rings. The first kappa shape index (κ1) is 17.9. The van der Waals surface area contributed by atoms with Crippen LogP contribution < -0.4 is 0 Å². The molecular weight excluding hydrogens is 357 g/mol. The van der Waals surface area contributed by atoms with Crippen LogP contribution in [0.5, 0.6) is 0 Å². The second-order valence-electron chi connectivity index (χ2n) is 6.59. The number of rotatable bonds is 4. The fourth-order valence-electron chi connectivity index (χ4n) is 3.46. The number of hydrogen-bond acceptors (Lipinski definition) is 4. The van der Waals surface area contributed by atoms with Crippen molar-refractivity contribution in [2.75, 3.05) is 26.3 Å². The molecule has 3 aromatic rings. The Morgan fingerprint density at radius 1 is 1.11 bits per heavy atom. The number of para-hydroxylation sites is 1. The molecule has 1 atom stereocenters. The Kier molecular flexibility index (Phi) is 4.84. The first-order valence-corrected chi connectivity index (χ1v) is 8.78. The molecule has 1 N–H and O–H groups in total. The van der Waals surface area contributed by atoms with Gasteiger partial charge in [0.05, 0.1) is 13.2 Å². The second-order valence-corrected chi connectivity index (χ2v) is 6.59. The van der Waals surface area contributed by atoms with Crippen molar-refractivity contribution < 1.29 is 17.9 Å². The number of benzene rings is 1. The summed E-state index contributed by atoms with van der Waals surface area (Å²) < 4.78 is 43.8. The molecule has 27 heavy (non-hydrogen) atoms. The highest BCUT2D eigenvalue weighted by molar-refractivity contribution is 5.80. The number of alkyl halides is 3. The van der Waals surface area contributed by atoms with E-state index in [0.29, 0.717) is 38.3 Å². The van der Waals surface area contributed by atoms with Crippen LogP contribution in [0.3, 0.4) is 0 Å². The summed E-state index contributed by atoms with van der Waals surface area (Å²) in [6.45, 7) is 2.63. The van der Waals surface area contributed by atoms with Crippen LogP contribution in [0.4, 0.5) is 13.2 Å². The molecular formula is C19H19F3N4O. The van der Waals surface area contributed by atoms with Gasteiger partial charge < -0.3 is 9.72 Å². The molecule has 0 aliphatic carbocycles. The van der Waals surface area contributed by atoms with Gasteiger partial charge in [0.1, 0.15) is 0 Å². The third kappa shape index (κ3) is 3.96. The number of H-pyrrole nitrogens is 1. The Hall–Kier alpha value is -2.45. The number of halogens is 3. The predicted molar refractivity (Wildman–Crippen MR) is 94.2 cm³/mol. The van der Waals surface area contributed by atoms with E-state index in [1.165, 1.54) is 12.4 Å². The van der Waals surface area contributed by atoms with E-state index < -0.39 is 12.0 Å². The van der Waals surface area contributed by atoms with Crippen LogP contribution in [0.25, 0.3) is 10.9 Å². The second kappa shape index (κ2) is 7.28. The molecule has 0 radical (unpaired) electrons. The topological polar surface area (TPSA) is 54.0 Å². The number of aromatic nitrogens is 3. The Labute approximate surface area is 154 Å². The summed E-state index contributed by atoms with van der Waals surface area (Å²) >= 11 is 0. The molecule has 0 amide bonds. The van der Waals surface area contributed by atoms with E-state index in [-0.39, 0.29) is 6.04 Å². The molecule has 1 saturated heterocycles. The number of fused-ring (bicyclic) bond motifs is 1. The molecule has 8 heteroatoms. The van der Waals surface area contributed by atoms with E-state index in [2.05, 4.69) is 25.9 Å². The Bertz CT molecular complexity index is 868. The average Bonchev–Trinajstić information content (AvgIpc) is 3.09. The zero-order chi connectivity index (χ0) is 18.9. The summed E-state index contributed by atoms with van der Waals surface area (Å²) in [5, 5.41) is 1.11. The van der Waals surface area contributed by atoms with Crippen LogP contribution >= 0.6 is 0 Å². The minimum absolute atomic E-state index is 0.121. The fraction of sp³-hybridized carbons (Fsp3) is 0.368. The first-order valence-electron chi connectivity index (χ1n) is 8.78. The van der Waals surface area contributed by atoms with Gasteiger partial charge in [-0.3, -0.25) is 4.90 Å². The summed E-state index contributed by atoms with van der Waals surface area (Å²) in [5.41, 5.74) is 2.73. The van der Waals surface area contributed by atoms with Crippen LogP contribution in [0.2, 0.25) is 0 Å². The normalized spacial score (nSPS) is 17.3. The van der Waals surface area contributed by atoms with Crippen molar-refractivity contribution in [3.63, 3.8) is 0 Å². The standard InChI is InChI=1S/C19H19F3N4O/c20-19(21,22)18-23-11-14(12-24-18)17(26-5-7-27-8-6-26)10-15-9-13-3-1-2-4-16(13)25-15/h1-4,9,11-12,17,25H,5-8,10H2. The maximum atomic E-state index is 12.8. The minimum Gasteiger partial charge on any atom is -0.379 e. The molecule has 1 unspecified atom stereocenters. The quantitative estimate of drug-likeness (QED) is 0.756. The third-order valence-electron chi connectivity index (χ3n) is 4.80. The lowest BCUT2D eigenvalue weighted by molar-refractivity contribution is -0.145. The van der Waals surface area contributed by atoms with E-state index in [1.807, 2.05) is 24.3 Å². The lowest BCUT2D eigenvalue weighted by Gasteiger charge is -2.34. The van der Waals surface area contributed by atoms with Crippen molar-refractivity contribution in [3.05, 3.63) is 59.8 Å². The highest BCUT2D eigenvalue weighted by atomic mass is 19.4. The van der Waals surface area contributed by atoms with Gasteiger partial charge in [0, 0.05) is 54.7 Å². The zero-order valence-electron chi connectivity index (χ0n) is 14.5. The number of aromatic amines is 1. The highest BCUT2D eigenvalue weighted by Gasteiger charge is 2.35. The van der Waals surface area contributed by atoms with Crippen molar-refractivity contribution in [1.82, 2.24) is 19.9 Å². The number of hydrogen-bond donors (Lipinski definition) is 1. The fourth-order valence-corrected chi connectivity index (χ4v) is 3.46.